The van der Waals surface area contributed by atoms with Crippen molar-refractivity contribution in [1.29, 1.82) is 0 Å². The molecule has 1 aromatic carbocycles. The monoisotopic (exact) mass is 694 g/mol. The Morgan fingerprint density at radius 1 is 1.25 bits per heavy atom. The van der Waals surface area contributed by atoms with Crippen molar-refractivity contribution < 1.29 is 43.7 Å². The predicted octanol–water partition coefficient (Wildman–Crippen LogP) is 2.01. The van der Waals surface area contributed by atoms with E-state index in [1.807, 2.05) is 35.2 Å². The molecule has 4 heterocycles. The number of pyridine rings is 1. The quantitative estimate of drug-likeness (QED) is 0.0701. The molecule has 0 radical (unpaired) electrons. The number of rotatable bonds is 12. The van der Waals surface area contributed by atoms with E-state index in [0.29, 0.717) is 12.1 Å². The minimum absolute atomic E-state index is 0.0180. The number of anilines is 1. The maximum absolute atomic E-state index is 13.3. The molecule has 3 aromatic rings. The Bertz CT molecular complexity index is 1910. The number of amides is 2. The van der Waals surface area contributed by atoms with Gasteiger partial charge in [-0.3, -0.25) is 24.6 Å². The molecule has 0 saturated carbocycles. The van der Waals surface area contributed by atoms with Gasteiger partial charge in [-0.05, 0) is 31.6 Å². The van der Waals surface area contributed by atoms with Gasteiger partial charge in [0.1, 0.15) is 22.8 Å². The molecule has 48 heavy (non-hydrogen) atoms. The minimum atomic E-state index is -1.80. The number of hydrogen-bond acceptors (Lipinski definition) is 12. The molecule has 5 N–H and O–H groups in total. The van der Waals surface area contributed by atoms with E-state index in [1.54, 1.807) is 12.1 Å². The lowest BCUT2D eigenvalue weighted by Gasteiger charge is -2.49. The number of carbonyl (C=O) groups is 4. The molecular weight excluding hydrogens is 667 g/mol. The van der Waals surface area contributed by atoms with Gasteiger partial charge in [0.2, 0.25) is 5.60 Å². The number of carbonyl (C=O) groups excluding carboxylic acids is 2. The fourth-order valence-electron chi connectivity index (χ4n) is 4.71. The first-order valence-corrected chi connectivity index (χ1v) is 16.0. The molecule has 5 rings (SSSR count). The number of thioether (sulfide) groups is 1. The number of hydrogen-bond donors (Lipinski definition) is 4. The summed E-state index contributed by atoms with van der Waals surface area (Å²) in [5.74, 6) is -4.28. The Kier molecular flexibility index (Phi) is 9.57. The van der Waals surface area contributed by atoms with Crippen molar-refractivity contribution in [3.63, 3.8) is 0 Å². The summed E-state index contributed by atoms with van der Waals surface area (Å²) >= 11 is 2.17. The summed E-state index contributed by atoms with van der Waals surface area (Å²) in [6.45, 7) is 2.85. The lowest BCUT2D eigenvalue weighted by Crippen LogP contribution is -2.71. The second kappa shape index (κ2) is 13.6. The number of nitrogens with one attached hydrogen (secondary N) is 1. The van der Waals surface area contributed by atoms with Crippen LogP contribution < -0.4 is 15.6 Å². The Balaban J connectivity index is 1.36. The molecule has 16 nitrogen and oxygen atoms in total. The van der Waals surface area contributed by atoms with Crippen molar-refractivity contribution in [2.24, 2.45) is 5.16 Å². The summed E-state index contributed by atoms with van der Waals surface area (Å²) in [6, 6.07) is 9.15. The fourth-order valence-corrected chi connectivity index (χ4v) is 6.57. The van der Waals surface area contributed by atoms with Gasteiger partial charge in [-0.2, -0.15) is 0 Å². The number of β-lactam (4-membered cyclic amide) rings is 1. The highest BCUT2D eigenvalue weighted by atomic mass is 32.2. The Morgan fingerprint density at radius 3 is 2.60 bits per heavy atom. The molecule has 1 fully saturated rings. The van der Waals surface area contributed by atoms with Crippen LogP contribution in [0.15, 0.2) is 76.7 Å². The molecule has 0 aliphatic carbocycles. The van der Waals surface area contributed by atoms with Crippen molar-refractivity contribution in [3.8, 4) is 0 Å². The number of aromatic nitrogens is 2. The molecule has 2 aliphatic heterocycles. The molecule has 2 amide bonds. The van der Waals surface area contributed by atoms with Crippen LogP contribution in [0.5, 0.6) is 0 Å². The number of nitro groups is 1. The summed E-state index contributed by atoms with van der Waals surface area (Å²) < 4.78 is 1.87. The second-order valence-corrected chi connectivity index (χ2v) is 13.0. The van der Waals surface area contributed by atoms with Crippen LogP contribution in [0.2, 0.25) is 0 Å². The normalized spacial score (nSPS) is 17.9. The fraction of sp³-hybridized carbons (Fsp3) is 0.233. The van der Waals surface area contributed by atoms with Crippen molar-refractivity contribution >= 4 is 69.5 Å². The first-order chi connectivity index (χ1) is 22.8. The highest BCUT2D eigenvalue weighted by molar-refractivity contribution is 8.00. The van der Waals surface area contributed by atoms with Crippen LogP contribution in [-0.2, 0) is 30.6 Å². The number of oxime groups is 1. The summed E-state index contributed by atoms with van der Waals surface area (Å²) in [5, 5.41) is 38.2. The molecule has 0 bridgehead atoms. The highest BCUT2D eigenvalue weighted by Crippen LogP contribution is 2.41. The zero-order valence-corrected chi connectivity index (χ0v) is 26.9. The Morgan fingerprint density at radius 2 is 1.98 bits per heavy atom. The molecule has 2 atom stereocenters. The van der Waals surface area contributed by atoms with Gasteiger partial charge in [-0.15, -0.1) is 23.1 Å². The first-order valence-electron chi connectivity index (χ1n) is 14.1. The predicted molar refractivity (Wildman–Crippen MR) is 173 cm³/mol. The lowest BCUT2D eigenvalue weighted by atomic mass is 10.0. The van der Waals surface area contributed by atoms with Crippen LogP contribution in [0.4, 0.5) is 10.8 Å². The number of aliphatic carboxylic acids is 2. The number of allylic oxidation sites excluding steroid dienone is 1. The standard InChI is InChI=1S/C30H27N7O9S2/c1-30(2,28(42)43)46-34-21(19-15-48-29(31)32-19)24(38)33-22-25(39)36-23(27(40)41)18(14-47-26(22)36)9-8-17-7-6-16(12-20(17)37(44)45)13-35-10-4-3-5-11-35/h3-12,15,22,26H,13-14H2,1-2H3,(H4-,31,32,33,38,40,41,42,43)/p+1/b9-8+,34-21-/t22-,26-/m1/s1. The van der Waals surface area contributed by atoms with E-state index in [2.05, 4.69) is 15.5 Å². The van der Waals surface area contributed by atoms with Gasteiger partial charge in [0, 0.05) is 34.9 Å². The maximum atomic E-state index is 13.3. The number of carboxylic acid groups (broad SMARTS) is 2. The van der Waals surface area contributed by atoms with Crippen LogP contribution in [0.1, 0.15) is 30.7 Å². The number of carboxylic acids is 2. The third-order valence-corrected chi connectivity index (χ3v) is 9.22. The van der Waals surface area contributed by atoms with E-state index in [0.717, 1.165) is 16.2 Å². The van der Waals surface area contributed by atoms with E-state index in [-0.39, 0.29) is 39.1 Å². The largest absolute Gasteiger partial charge is 0.478 e. The van der Waals surface area contributed by atoms with Crippen LogP contribution in [0, 0.1) is 10.1 Å². The zero-order valence-electron chi connectivity index (χ0n) is 25.3. The van der Waals surface area contributed by atoms with E-state index in [1.165, 1.54) is 49.2 Å². The number of thiazole rings is 1. The van der Waals surface area contributed by atoms with Crippen molar-refractivity contribution in [2.75, 3.05) is 11.5 Å². The Labute approximate surface area is 280 Å². The number of nitrogens with zero attached hydrogens (tertiary/aromatic N) is 5. The third-order valence-electron chi connectivity index (χ3n) is 7.24. The maximum Gasteiger partial charge on any atom is 0.352 e. The molecular formula is C30H28N7O9S2+. The highest BCUT2D eigenvalue weighted by Gasteiger charge is 2.54. The Hall–Kier alpha value is -5.62. The molecule has 18 heteroatoms. The van der Waals surface area contributed by atoms with Crippen LogP contribution in [-0.4, -0.2) is 77.3 Å². The van der Waals surface area contributed by atoms with E-state index >= 15 is 0 Å². The number of nitrogen functional groups attached to an aromatic ring is 1. The molecule has 0 unspecified atom stereocenters. The molecule has 2 aliphatic rings. The number of fused-ring (bicyclic) bond motifs is 1. The molecule has 248 valence electrons. The molecule has 2 aromatic heterocycles. The van der Waals surface area contributed by atoms with Gasteiger partial charge < -0.3 is 26.1 Å². The minimum Gasteiger partial charge on any atom is -0.478 e. The van der Waals surface area contributed by atoms with Gasteiger partial charge in [-0.1, -0.05) is 23.4 Å². The summed E-state index contributed by atoms with van der Waals surface area (Å²) in [5.41, 5.74) is 4.13. The van der Waals surface area contributed by atoms with Crippen molar-refractivity contribution in [1.82, 2.24) is 15.2 Å². The van der Waals surface area contributed by atoms with Gasteiger partial charge in [0.05, 0.1) is 10.5 Å². The van der Waals surface area contributed by atoms with Gasteiger partial charge in [-0.25, -0.2) is 19.1 Å². The summed E-state index contributed by atoms with van der Waals surface area (Å²) in [4.78, 5) is 71.9. The topological polar surface area (TPSA) is 232 Å². The number of benzene rings is 1. The van der Waals surface area contributed by atoms with Crippen LogP contribution in [0.25, 0.3) is 6.08 Å². The number of nitro benzene ring substituents is 1. The van der Waals surface area contributed by atoms with Crippen LogP contribution in [0.3, 0.4) is 0 Å². The molecule has 1 saturated heterocycles. The van der Waals surface area contributed by atoms with E-state index in [9.17, 15) is 39.5 Å². The van der Waals surface area contributed by atoms with Crippen LogP contribution >= 0.6 is 23.1 Å². The average Bonchev–Trinajstić information content (AvgIpc) is 3.48. The zero-order chi connectivity index (χ0) is 34.7. The summed E-state index contributed by atoms with van der Waals surface area (Å²) in [6.07, 6.45) is 6.53. The van der Waals surface area contributed by atoms with E-state index in [4.69, 9.17) is 10.6 Å². The third kappa shape index (κ3) is 7.03. The van der Waals surface area contributed by atoms with E-state index < -0.39 is 51.4 Å². The van der Waals surface area contributed by atoms with Gasteiger partial charge in [0.25, 0.3) is 17.5 Å². The van der Waals surface area contributed by atoms with Gasteiger partial charge >= 0.3 is 11.9 Å². The van der Waals surface area contributed by atoms with Gasteiger partial charge in [0.15, 0.2) is 29.8 Å². The average molecular weight is 695 g/mol. The molecule has 0 spiro atoms. The second-order valence-electron chi connectivity index (χ2n) is 11.0. The SMILES string of the molecule is CC(C)(O/N=C(\C(=O)N[C@@H]1C(=O)N2C(C(=O)O)=C(/C=C/c3ccc(C[n+]4ccccc4)cc3[N+](=O)[O-])CS[C@H]12)c1csc(N)n1)C(=O)O. The summed E-state index contributed by atoms with van der Waals surface area (Å²) in [7, 11) is 0. The van der Waals surface area contributed by atoms with Crippen molar-refractivity contribution in [2.45, 2.75) is 37.4 Å². The first kappa shape index (κ1) is 33.7. The number of nitrogens with two attached hydrogens (primary N) is 1. The van der Waals surface area contributed by atoms with Crippen molar-refractivity contribution in [3.05, 3.63) is 98.5 Å². The lowest BCUT2D eigenvalue weighted by molar-refractivity contribution is -0.688. The smallest absolute Gasteiger partial charge is 0.352 e.